The van der Waals surface area contributed by atoms with E-state index < -0.39 is 5.91 Å². The van der Waals surface area contributed by atoms with Crippen LogP contribution in [0.25, 0.3) is 0 Å². The molecule has 0 aliphatic rings. The van der Waals surface area contributed by atoms with Gasteiger partial charge in [0, 0.05) is 29.2 Å². The van der Waals surface area contributed by atoms with E-state index in [-0.39, 0.29) is 0 Å². The summed E-state index contributed by atoms with van der Waals surface area (Å²) in [7, 11) is 0. The third-order valence-electron chi connectivity index (χ3n) is 3.58. The van der Waals surface area contributed by atoms with Gasteiger partial charge >= 0.3 is 0 Å². The molecule has 0 aliphatic heterocycles. The number of nitrogens with two attached hydrogens (primary N) is 1. The quantitative estimate of drug-likeness (QED) is 0.742. The van der Waals surface area contributed by atoms with Gasteiger partial charge in [-0.3, -0.25) is 9.78 Å². The van der Waals surface area contributed by atoms with Gasteiger partial charge in [-0.1, -0.05) is 0 Å². The first-order valence-electron chi connectivity index (χ1n) is 7.76. The zero-order valence-electron chi connectivity index (χ0n) is 14.0. The van der Waals surface area contributed by atoms with Crippen molar-refractivity contribution in [2.24, 2.45) is 5.73 Å². The number of benzene rings is 1. The number of ether oxygens (including phenoxy) is 1. The molecule has 0 radical (unpaired) electrons. The van der Waals surface area contributed by atoms with Gasteiger partial charge in [0.15, 0.2) is 0 Å². The Morgan fingerprint density at radius 1 is 1.08 bits per heavy atom. The number of pyridine rings is 2. The highest BCUT2D eigenvalue weighted by Crippen LogP contribution is 2.26. The molecule has 25 heavy (non-hydrogen) atoms. The lowest BCUT2D eigenvalue weighted by Crippen LogP contribution is -2.10. The second-order valence-electron chi connectivity index (χ2n) is 5.58. The van der Waals surface area contributed by atoms with Crippen molar-refractivity contribution >= 4 is 17.4 Å². The maximum Gasteiger partial charge on any atom is 0.248 e. The second-order valence-corrected chi connectivity index (χ2v) is 5.58. The van der Waals surface area contributed by atoms with Gasteiger partial charge in [-0.25, -0.2) is 4.98 Å². The molecule has 6 nitrogen and oxygen atoms in total. The third-order valence-corrected chi connectivity index (χ3v) is 3.58. The number of aromatic nitrogens is 2. The van der Waals surface area contributed by atoms with Crippen molar-refractivity contribution in [3.05, 3.63) is 71.7 Å². The molecule has 0 saturated heterocycles. The van der Waals surface area contributed by atoms with Crippen LogP contribution in [-0.2, 0) is 0 Å². The van der Waals surface area contributed by atoms with Crippen molar-refractivity contribution in [3.63, 3.8) is 0 Å². The van der Waals surface area contributed by atoms with Crippen molar-refractivity contribution in [3.8, 4) is 11.5 Å². The number of nitrogens with one attached hydrogen (secondary N) is 1. The number of rotatable bonds is 5. The molecule has 0 bridgehead atoms. The lowest BCUT2D eigenvalue weighted by molar-refractivity contribution is 0.100. The van der Waals surface area contributed by atoms with Crippen LogP contribution in [0.4, 0.5) is 11.5 Å². The number of amides is 1. The van der Waals surface area contributed by atoms with Gasteiger partial charge in [0.1, 0.15) is 17.3 Å². The van der Waals surface area contributed by atoms with Crippen molar-refractivity contribution in [1.82, 2.24) is 9.97 Å². The van der Waals surface area contributed by atoms with E-state index >= 15 is 0 Å². The molecule has 0 aliphatic carbocycles. The highest BCUT2D eigenvalue weighted by molar-refractivity contribution is 5.93. The third kappa shape index (κ3) is 4.11. The smallest absolute Gasteiger partial charge is 0.248 e. The van der Waals surface area contributed by atoms with Crippen LogP contribution in [0.2, 0.25) is 0 Å². The monoisotopic (exact) mass is 334 g/mol. The van der Waals surface area contributed by atoms with E-state index in [4.69, 9.17) is 10.5 Å². The Morgan fingerprint density at radius 3 is 2.52 bits per heavy atom. The van der Waals surface area contributed by atoms with Gasteiger partial charge in [0.2, 0.25) is 5.91 Å². The van der Waals surface area contributed by atoms with Gasteiger partial charge in [0.05, 0.1) is 5.69 Å². The minimum absolute atomic E-state index is 0.456. The topological polar surface area (TPSA) is 90.1 Å². The minimum Gasteiger partial charge on any atom is -0.455 e. The number of anilines is 2. The summed E-state index contributed by atoms with van der Waals surface area (Å²) in [5.74, 6) is 1.53. The summed E-state index contributed by atoms with van der Waals surface area (Å²) in [6, 6.07) is 14.2. The van der Waals surface area contributed by atoms with Crippen LogP contribution in [0.3, 0.4) is 0 Å². The minimum atomic E-state index is -0.456. The number of hydrogen-bond acceptors (Lipinski definition) is 5. The Bertz CT molecular complexity index is 908. The summed E-state index contributed by atoms with van der Waals surface area (Å²) in [5.41, 5.74) is 8.26. The van der Waals surface area contributed by atoms with E-state index in [1.807, 2.05) is 26.0 Å². The average molecular weight is 334 g/mol. The Labute approximate surface area is 145 Å². The van der Waals surface area contributed by atoms with Crippen molar-refractivity contribution in [2.45, 2.75) is 13.8 Å². The first-order valence-corrected chi connectivity index (χ1v) is 7.76. The molecule has 2 heterocycles. The Balaban J connectivity index is 1.76. The first-order chi connectivity index (χ1) is 12.0. The van der Waals surface area contributed by atoms with E-state index in [1.165, 1.54) is 0 Å². The predicted octanol–water partition coefficient (Wildman–Crippen LogP) is 3.73. The van der Waals surface area contributed by atoms with Crippen molar-refractivity contribution in [2.75, 3.05) is 5.32 Å². The van der Waals surface area contributed by atoms with Crippen LogP contribution in [0.15, 0.2) is 54.7 Å². The molecule has 3 aromatic rings. The zero-order chi connectivity index (χ0) is 17.8. The molecule has 1 amide bonds. The Hall–Kier alpha value is -3.41. The second kappa shape index (κ2) is 7.00. The fourth-order valence-electron chi connectivity index (χ4n) is 2.32. The maximum atomic E-state index is 11.1. The largest absolute Gasteiger partial charge is 0.455 e. The number of carbonyl (C=O) groups excluding carboxylic acids is 1. The van der Waals surface area contributed by atoms with E-state index in [1.54, 1.807) is 42.6 Å². The number of primary amides is 1. The fourth-order valence-corrected chi connectivity index (χ4v) is 2.32. The normalized spacial score (nSPS) is 10.3. The number of nitrogens with zero attached hydrogens (tertiary/aromatic N) is 2. The van der Waals surface area contributed by atoms with Crippen LogP contribution >= 0.6 is 0 Å². The van der Waals surface area contributed by atoms with Gasteiger partial charge < -0.3 is 15.8 Å². The molecule has 0 spiro atoms. The Morgan fingerprint density at radius 2 is 1.84 bits per heavy atom. The molecule has 2 aromatic heterocycles. The van der Waals surface area contributed by atoms with Gasteiger partial charge in [0.25, 0.3) is 0 Å². The van der Waals surface area contributed by atoms with E-state index in [0.717, 1.165) is 17.1 Å². The van der Waals surface area contributed by atoms with Crippen LogP contribution in [0.1, 0.15) is 21.7 Å². The summed E-state index contributed by atoms with van der Waals surface area (Å²) in [5, 5.41) is 3.16. The van der Waals surface area contributed by atoms with E-state index in [0.29, 0.717) is 22.9 Å². The van der Waals surface area contributed by atoms with Crippen LogP contribution in [0.5, 0.6) is 11.5 Å². The van der Waals surface area contributed by atoms with E-state index in [9.17, 15) is 4.79 Å². The van der Waals surface area contributed by atoms with Gasteiger partial charge in [-0.05, 0) is 56.3 Å². The molecule has 3 rings (SSSR count). The first kappa shape index (κ1) is 16.4. The average Bonchev–Trinajstić information content (AvgIpc) is 2.58. The zero-order valence-corrected chi connectivity index (χ0v) is 14.0. The molecule has 3 N–H and O–H groups in total. The lowest BCUT2D eigenvalue weighted by Gasteiger charge is -2.11. The molecular formula is C19H18N4O2. The summed E-state index contributed by atoms with van der Waals surface area (Å²) in [6.07, 6.45) is 1.66. The Kier molecular flexibility index (Phi) is 4.61. The molecular weight excluding hydrogens is 316 g/mol. The van der Waals surface area contributed by atoms with Gasteiger partial charge in [-0.15, -0.1) is 0 Å². The highest BCUT2D eigenvalue weighted by Gasteiger charge is 2.05. The molecule has 0 saturated carbocycles. The number of carbonyl (C=O) groups is 1. The van der Waals surface area contributed by atoms with Gasteiger partial charge in [-0.2, -0.15) is 0 Å². The maximum absolute atomic E-state index is 11.1. The van der Waals surface area contributed by atoms with Crippen LogP contribution in [0, 0.1) is 13.8 Å². The van der Waals surface area contributed by atoms with Crippen molar-refractivity contribution < 1.29 is 9.53 Å². The van der Waals surface area contributed by atoms with E-state index in [2.05, 4.69) is 15.3 Å². The summed E-state index contributed by atoms with van der Waals surface area (Å²) >= 11 is 0. The fraction of sp³-hybridized carbons (Fsp3) is 0.105. The highest BCUT2D eigenvalue weighted by atomic mass is 16.5. The molecule has 126 valence electrons. The molecule has 0 atom stereocenters. The molecule has 0 fully saturated rings. The molecule has 0 unspecified atom stereocenters. The standard InChI is InChI=1S/C19H18N4O2/c1-12-3-8-17(13(2)22-12)25-16-9-10-21-18(11-16)23-15-6-4-14(5-7-15)19(20)24/h3-11H,1-2H3,(H2,20,24)(H,21,23). The summed E-state index contributed by atoms with van der Waals surface area (Å²) in [4.78, 5) is 19.8. The SMILES string of the molecule is Cc1ccc(Oc2ccnc(Nc3ccc(C(N)=O)cc3)c2)c(C)n1. The predicted molar refractivity (Wildman–Crippen MR) is 96.3 cm³/mol. The lowest BCUT2D eigenvalue weighted by atomic mass is 10.2. The summed E-state index contributed by atoms with van der Waals surface area (Å²) in [6.45, 7) is 3.84. The van der Waals surface area contributed by atoms with Crippen LogP contribution in [-0.4, -0.2) is 15.9 Å². The number of hydrogen-bond donors (Lipinski definition) is 2. The molecule has 6 heteroatoms. The summed E-state index contributed by atoms with van der Waals surface area (Å²) < 4.78 is 5.89. The molecule has 1 aromatic carbocycles. The number of aryl methyl sites for hydroxylation is 2. The van der Waals surface area contributed by atoms with Crippen molar-refractivity contribution in [1.29, 1.82) is 0 Å². The van der Waals surface area contributed by atoms with Crippen LogP contribution < -0.4 is 15.8 Å².